The number of aliphatic hydroxyl groups excluding tert-OH is 1. The average molecular weight is 746 g/mol. The van der Waals surface area contributed by atoms with Crippen molar-refractivity contribution in [1.82, 2.24) is 19.6 Å². The Bertz CT molecular complexity index is 1420. The average Bonchev–Trinajstić information content (AvgIpc) is 3.10. The number of cyclic esters (lactones) is 1. The maximum Gasteiger partial charge on any atom is 0.321 e. The molecule has 3 amide bonds. The number of anilines is 1. The van der Waals surface area contributed by atoms with Crippen LogP contribution in [-0.2, 0) is 33.3 Å². The molecular formula is C39H63N5O9. The normalized spacial score (nSPS) is 35.2. The summed E-state index contributed by atoms with van der Waals surface area (Å²) in [5.74, 6) is -2.36. The van der Waals surface area contributed by atoms with Crippen molar-refractivity contribution < 1.29 is 43.2 Å². The Balaban J connectivity index is 1.59. The molecule has 3 heterocycles. The molecule has 0 radical (unpaired) electrons. The first-order chi connectivity index (χ1) is 24.8. The fourth-order valence-electron chi connectivity index (χ4n) is 8.24. The minimum absolute atomic E-state index is 0.0884. The number of ether oxygens (including phenoxy) is 4. The first-order valence-electron chi connectivity index (χ1n) is 18.9. The predicted octanol–water partition coefficient (Wildman–Crippen LogP) is 3.08. The number of hydrogen-bond acceptors (Lipinski definition) is 11. The van der Waals surface area contributed by atoms with Crippen LogP contribution in [0.25, 0.3) is 0 Å². The number of rotatable bonds is 6. The molecule has 4 rings (SSSR count). The minimum Gasteiger partial charge on any atom is -0.460 e. The van der Waals surface area contributed by atoms with Gasteiger partial charge < -0.3 is 44.1 Å². The molecule has 0 aromatic heterocycles. The molecule has 0 saturated carbocycles. The molecule has 14 nitrogen and oxygen atoms in total. The van der Waals surface area contributed by atoms with Crippen molar-refractivity contribution in [1.29, 1.82) is 0 Å². The Morgan fingerprint density at radius 2 is 1.58 bits per heavy atom. The third kappa shape index (κ3) is 9.76. The Labute approximate surface area is 315 Å². The number of nitrogens with zero attached hydrogens (tertiary/aromatic N) is 4. The second-order valence-corrected chi connectivity index (χ2v) is 16.3. The minimum atomic E-state index is -1.61. The molecule has 3 saturated heterocycles. The summed E-state index contributed by atoms with van der Waals surface area (Å²) in [7, 11) is 7.19. The SMILES string of the molecule is CO[C@]1(C)C[C@@H](C)CN(C)[C@@H](C(=O)N2CCN(C(=O)Nc3ccccc3)CC2)[C@H](C)OC(=O)C(C)(C)C(=O)[C@H](C)[C@H]1O[C@@H]1O[C@H](C)C[C@H](N(C)C)[C@H]1O. The van der Waals surface area contributed by atoms with Crippen LogP contribution < -0.4 is 5.32 Å². The van der Waals surface area contributed by atoms with Gasteiger partial charge in [-0.1, -0.05) is 32.0 Å². The number of para-hydroxylation sites is 1. The molecule has 53 heavy (non-hydrogen) atoms. The van der Waals surface area contributed by atoms with E-state index >= 15 is 0 Å². The van der Waals surface area contributed by atoms with Gasteiger partial charge in [0.25, 0.3) is 0 Å². The molecular weight excluding hydrogens is 682 g/mol. The van der Waals surface area contributed by atoms with Crippen LogP contribution in [0.3, 0.4) is 0 Å². The number of likely N-dealkylation sites (N-methyl/N-ethyl adjacent to an activating group) is 2. The van der Waals surface area contributed by atoms with Crippen LogP contribution in [0.5, 0.6) is 0 Å². The number of hydrogen-bond donors (Lipinski definition) is 2. The fraction of sp³-hybridized carbons (Fsp3) is 0.744. The van der Waals surface area contributed by atoms with Crippen molar-refractivity contribution >= 4 is 29.4 Å². The number of aliphatic hydroxyl groups is 1. The topological polar surface area (TPSA) is 150 Å². The number of benzene rings is 1. The van der Waals surface area contributed by atoms with Crippen LogP contribution >= 0.6 is 0 Å². The number of amides is 3. The smallest absolute Gasteiger partial charge is 0.321 e. The van der Waals surface area contributed by atoms with Gasteiger partial charge in [0.1, 0.15) is 23.7 Å². The summed E-state index contributed by atoms with van der Waals surface area (Å²) >= 11 is 0. The molecule has 298 valence electrons. The van der Waals surface area contributed by atoms with Gasteiger partial charge in [0, 0.05) is 57.5 Å². The zero-order chi connectivity index (χ0) is 39.4. The van der Waals surface area contributed by atoms with E-state index in [1.165, 1.54) is 13.8 Å². The third-order valence-corrected chi connectivity index (χ3v) is 11.3. The Kier molecular flexibility index (Phi) is 14.1. The van der Waals surface area contributed by atoms with Gasteiger partial charge in [0.05, 0.1) is 17.8 Å². The summed E-state index contributed by atoms with van der Waals surface area (Å²) in [4.78, 5) is 62.8. The zero-order valence-corrected chi connectivity index (χ0v) is 33.5. The lowest BCUT2D eigenvalue weighted by Crippen LogP contribution is -2.59. The molecule has 0 spiro atoms. The number of Topliss-reactive ketones (excluding diaryl/α,β-unsaturated/α-hetero) is 1. The van der Waals surface area contributed by atoms with Crippen molar-refractivity contribution in [3.63, 3.8) is 0 Å². The van der Waals surface area contributed by atoms with Crippen molar-refractivity contribution in [3.05, 3.63) is 30.3 Å². The molecule has 0 bridgehead atoms. The van der Waals surface area contributed by atoms with Crippen molar-refractivity contribution in [2.24, 2.45) is 17.3 Å². The largest absolute Gasteiger partial charge is 0.460 e. The zero-order valence-electron chi connectivity index (χ0n) is 33.5. The van der Waals surface area contributed by atoms with Gasteiger partial charge in [0.15, 0.2) is 12.1 Å². The lowest BCUT2D eigenvalue weighted by Gasteiger charge is -2.47. The highest BCUT2D eigenvalue weighted by Gasteiger charge is 2.52. The molecule has 10 atom stereocenters. The summed E-state index contributed by atoms with van der Waals surface area (Å²) in [5.41, 5.74) is -1.99. The Morgan fingerprint density at radius 1 is 0.981 bits per heavy atom. The van der Waals surface area contributed by atoms with Gasteiger partial charge in [-0.2, -0.15) is 0 Å². The van der Waals surface area contributed by atoms with Crippen LogP contribution in [0, 0.1) is 17.3 Å². The van der Waals surface area contributed by atoms with Crippen molar-refractivity contribution in [2.75, 3.05) is 66.3 Å². The van der Waals surface area contributed by atoms with Gasteiger partial charge in [0.2, 0.25) is 5.91 Å². The molecule has 2 N–H and O–H groups in total. The predicted molar refractivity (Wildman–Crippen MR) is 200 cm³/mol. The molecule has 3 aliphatic rings. The van der Waals surface area contributed by atoms with Gasteiger partial charge in [-0.3, -0.25) is 19.3 Å². The number of carbonyl (C=O) groups excluding carboxylic acids is 4. The molecule has 1 aromatic carbocycles. The summed E-state index contributed by atoms with van der Waals surface area (Å²) in [6.07, 6.45) is -3.04. The second kappa shape index (κ2) is 17.5. The quantitative estimate of drug-likeness (QED) is 0.327. The summed E-state index contributed by atoms with van der Waals surface area (Å²) < 4.78 is 25.0. The number of nitrogens with one attached hydrogen (secondary N) is 1. The number of esters is 1. The highest BCUT2D eigenvalue weighted by molar-refractivity contribution is 6.04. The van der Waals surface area contributed by atoms with Crippen LogP contribution in [0.4, 0.5) is 10.5 Å². The lowest BCUT2D eigenvalue weighted by molar-refractivity contribution is -0.295. The van der Waals surface area contributed by atoms with Crippen LogP contribution in [0.15, 0.2) is 30.3 Å². The van der Waals surface area contributed by atoms with E-state index in [1.54, 1.807) is 30.8 Å². The first-order valence-corrected chi connectivity index (χ1v) is 18.9. The van der Waals surface area contributed by atoms with E-state index in [0.717, 1.165) is 0 Å². The van der Waals surface area contributed by atoms with Gasteiger partial charge >= 0.3 is 12.0 Å². The number of methoxy groups -OCH3 is 1. The van der Waals surface area contributed by atoms with Crippen LogP contribution in [0.2, 0.25) is 0 Å². The molecule has 14 heteroatoms. The Morgan fingerprint density at radius 3 is 2.17 bits per heavy atom. The van der Waals surface area contributed by atoms with E-state index < -0.39 is 59.3 Å². The number of piperazine rings is 1. The maximum absolute atomic E-state index is 14.4. The van der Waals surface area contributed by atoms with Crippen LogP contribution in [0.1, 0.15) is 61.3 Å². The molecule has 0 unspecified atom stereocenters. The molecule has 3 fully saturated rings. The maximum atomic E-state index is 14.4. The van der Waals surface area contributed by atoms with E-state index in [0.29, 0.717) is 51.3 Å². The summed E-state index contributed by atoms with van der Waals surface area (Å²) in [6, 6.07) is 7.88. The standard InChI is InChI=1S/C39H63N5O9/c1-24-22-39(7,50-11)33(53-35-31(45)29(41(8)9)21-25(2)51-35)26(3)32(46)38(5,6)36(48)52-27(4)30(42(10)23-24)34(47)43-17-19-44(20-18-43)37(49)40-28-15-13-12-14-16-28/h12-16,24-27,29-31,33,35,45H,17-23H2,1-11H3,(H,40,49)/t24-,25-,26+,27+,29+,30-,31-,33-,35+,39-/m1/s1. The van der Waals surface area contributed by atoms with E-state index in [2.05, 4.69) is 5.32 Å². The Hall–Kier alpha value is -3.14. The summed E-state index contributed by atoms with van der Waals surface area (Å²) in [6.45, 7) is 14.0. The van der Waals surface area contributed by atoms with Crippen molar-refractivity contribution in [3.8, 4) is 0 Å². The van der Waals surface area contributed by atoms with E-state index in [9.17, 15) is 24.3 Å². The van der Waals surface area contributed by atoms with E-state index in [-0.39, 0.29) is 30.0 Å². The number of urea groups is 1. The monoisotopic (exact) mass is 745 g/mol. The second-order valence-electron chi connectivity index (χ2n) is 16.3. The number of ketones is 1. The molecule has 0 aliphatic carbocycles. The summed E-state index contributed by atoms with van der Waals surface area (Å²) in [5, 5.41) is 14.3. The van der Waals surface area contributed by atoms with Gasteiger partial charge in [-0.15, -0.1) is 0 Å². The third-order valence-electron chi connectivity index (χ3n) is 11.3. The molecule has 1 aromatic rings. The molecule has 3 aliphatic heterocycles. The van der Waals surface area contributed by atoms with E-state index in [4.69, 9.17) is 18.9 Å². The van der Waals surface area contributed by atoms with E-state index in [1.807, 2.05) is 82.0 Å². The van der Waals surface area contributed by atoms with Gasteiger partial charge in [-0.25, -0.2) is 4.79 Å². The van der Waals surface area contributed by atoms with Crippen LogP contribution in [-0.4, -0.2) is 158 Å². The number of carbonyl (C=O) groups is 4. The highest BCUT2D eigenvalue weighted by Crippen LogP contribution is 2.38. The highest BCUT2D eigenvalue weighted by atomic mass is 16.7. The van der Waals surface area contributed by atoms with Crippen molar-refractivity contribution in [2.45, 2.75) is 110 Å². The first kappa shape index (κ1) is 42.6. The fourth-order valence-corrected chi connectivity index (χ4v) is 8.24. The lowest BCUT2D eigenvalue weighted by atomic mass is 9.74. The van der Waals surface area contributed by atoms with Gasteiger partial charge in [-0.05, 0) is 86.7 Å².